The lowest BCUT2D eigenvalue weighted by atomic mass is 10.1. The van der Waals surface area contributed by atoms with E-state index in [1.54, 1.807) is 0 Å². The molecule has 1 aliphatic rings. The predicted molar refractivity (Wildman–Crippen MR) is 91.3 cm³/mol. The van der Waals surface area contributed by atoms with Crippen LogP contribution in [0.3, 0.4) is 0 Å². The second-order valence-electron chi connectivity index (χ2n) is 6.34. The van der Waals surface area contributed by atoms with Crippen molar-refractivity contribution in [3.05, 3.63) is 35.9 Å². The molecule has 1 aromatic rings. The molecule has 1 aliphatic heterocycles. The molecular formula is C17H25N5O2. The van der Waals surface area contributed by atoms with E-state index in [-0.39, 0.29) is 24.2 Å². The zero-order chi connectivity index (χ0) is 17.5. The van der Waals surface area contributed by atoms with Crippen LogP contribution in [0.1, 0.15) is 18.9 Å². The molecule has 1 aromatic carbocycles. The van der Waals surface area contributed by atoms with Gasteiger partial charge in [0.2, 0.25) is 5.91 Å². The van der Waals surface area contributed by atoms with Crippen LogP contribution in [0.15, 0.2) is 35.4 Å². The Kier molecular flexibility index (Phi) is 6.49. The summed E-state index contributed by atoms with van der Waals surface area (Å²) in [6.07, 6.45) is 1.72. The number of carbonyl (C=O) groups is 1. The molecule has 1 saturated heterocycles. The van der Waals surface area contributed by atoms with E-state index in [4.69, 9.17) is 0 Å². The summed E-state index contributed by atoms with van der Waals surface area (Å²) in [5, 5.41) is 6.86. The number of hydrogen-bond acceptors (Lipinski definition) is 6. The number of nitrogens with zero attached hydrogens (tertiary/aromatic N) is 3. The zero-order valence-electron chi connectivity index (χ0n) is 14.4. The fourth-order valence-electron chi connectivity index (χ4n) is 2.77. The highest BCUT2D eigenvalue weighted by molar-refractivity contribution is 5.78. The summed E-state index contributed by atoms with van der Waals surface area (Å²) in [6.45, 7) is 3.23. The first kappa shape index (κ1) is 18.1. The number of hydrogen-bond donors (Lipinski definition) is 2. The van der Waals surface area contributed by atoms with E-state index in [9.17, 15) is 9.59 Å². The van der Waals surface area contributed by atoms with E-state index in [0.717, 1.165) is 5.56 Å². The Bertz CT molecular complexity index is 586. The third-order valence-corrected chi connectivity index (χ3v) is 4.38. The number of isocyanates is 1. The van der Waals surface area contributed by atoms with Crippen molar-refractivity contribution in [2.75, 3.05) is 20.6 Å². The monoisotopic (exact) mass is 331 g/mol. The maximum Gasteiger partial charge on any atom is 0.258 e. The quantitative estimate of drug-likeness (QED) is 0.317. The third-order valence-electron chi connectivity index (χ3n) is 4.38. The van der Waals surface area contributed by atoms with Crippen molar-refractivity contribution in [2.24, 2.45) is 11.0 Å². The summed E-state index contributed by atoms with van der Waals surface area (Å²) in [6, 6.07) is 9.93. The second-order valence-corrected chi connectivity index (χ2v) is 6.34. The minimum Gasteiger partial charge on any atom is -0.338 e. The molecule has 0 bridgehead atoms. The van der Waals surface area contributed by atoms with Crippen LogP contribution in [0.2, 0.25) is 0 Å². The molecule has 7 heteroatoms. The number of hydrazone groups is 1. The summed E-state index contributed by atoms with van der Waals surface area (Å²) in [5.41, 5.74) is 3.89. The molecule has 1 heterocycles. The van der Waals surface area contributed by atoms with Gasteiger partial charge in [-0.15, -0.1) is 0 Å². The predicted octanol–water partition coefficient (Wildman–Crippen LogP) is 0.699. The minimum absolute atomic E-state index is 0.0284. The summed E-state index contributed by atoms with van der Waals surface area (Å²) in [4.78, 5) is 26.6. The first-order chi connectivity index (χ1) is 11.5. The molecule has 130 valence electrons. The van der Waals surface area contributed by atoms with Crippen molar-refractivity contribution < 1.29 is 9.59 Å². The Balaban J connectivity index is 2.02. The molecule has 7 nitrogen and oxygen atoms in total. The van der Waals surface area contributed by atoms with Crippen molar-refractivity contribution in [1.82, 2.24) is 20.5 Å². The van der Waals surface area contributed by atoms with Gasteiger partial charge in [-0.05, 0) is 26.6 Å². The molecule has 24 heavy (non-hydrogen) atoms. The van der Waals surface area contributed by atoms with Crippen LogP contribution in [-0.2, 0) is 16.1 Å². The Labute approximate surface area is 142 Å². The van der Waals surface area contributed by atoms with Gasteiger partial charge < -0.3 is 4.90 Å². The van der Waals surface area contributed by atoms with Gasteiger partial charge in [-0.3, -0.25) is 20.4 Å². The zero-order valence-corrected chi connectivity index (χ0v) is 14.4. The van der Waals surface area contributed by atoms with Gasteiger partial charge in [-0.25, -0.2) is 4.79 Å². The SMILES string of the molecule is CC(NC(NN=C=O)C1CC(=O)N(Cc2ccccc2)C1)N(C)C. The number of benzene rings is 1. The van der Waals surface area contributed by atoms with Crippen LogP contribution in [0.5, 0.6) is 0 Å². The Morgan fingerprint density at radius 2 is 2.08 bits per heavy atom. The number of nitrogens with one attached hydrogen (secondary N) is 2. The van der Waals surface area contributed by atoms with Crippen molar-refractivity contribution >= 4 is 12.0 Å². The average Bonchev–Trinajstić information content (AvgIpc) is 2.92. The van der Waals surface area contributed by atoms with E-state index < -0.39 is 0 Å². The van der Waals surface area contributed by atoms with Gasteiger partial charge in [0.15, 0.2) is 0 Å². The fraction of sp³-hybridized carbons (Fsp3) is 0.529. The summed E-state index contributed by atoms with van der Waals surface area (Å²) in [7, 11) is 3.92. The van der Waals surface area contributed by atoms with Crippen molar-refractivity contribution in [3.8, 4) is 0 Å². The van der Waals surface area contributed by atoms with Crippen LogP contribution in [-0.4, -0.2) is 54.8 Å². The van der Waals surface area contributed by atoms with E-state index >= 15 is 0 Å². The van der Waals surface area contributed by atoms with Crippen LogP contribution < -0.4 is 10.7 Å². The average molecular weight is 331 g/mol. The van der Waals surface area contributed by atoms with Gasteiger partial charge in [0, 0.05) is 25.4 Å². The van der Waals surface area contributed by atoms with E-state index in [0.29, 0.717) is 19.5 Å². The smallest absolute Gasteiger partial charge is 0.258 e. The largest absolute Gasteiger partial charge is 0.338 e. The van der Waals surface area contributed by atoms with E-state index in [1.165, 1.54) is 6.08 Å². The molecule has 1 amide bonds. The number of rotatable bonds is 8. The highest BCUT2D eigenvalue weighted by Crippen LogP contribution is 2.22. The molecule has 1 fully saturated rings. The minimum atomic E-state index is -0.270. The summed E-state index contributed by atoms with van der Waals surface area (Å²) < 4.78 is 0. The highest BCUT2D eigenvalue weighted by Gasteiger charge is 2.35. The lowest BCUT2D eigenvalue weighted by Crippen LogP contribution is -2.53. The second kappa shape index (κ2) is 8.59. The summed E-state index contributed by atoms with van der Waals surface area (Å²) in [5.74, 6) is 0.144. The molecule has 2 rings (SSSR count). The first-order valence-electron chi connectivity index (χ1n) is 8.08. The van der Waals surface area contributed by atoms with Gasteiger partial charge in [-0.1, -0.05) is 35.4 Å². The Hall–Kier alpha value is -2.21. The molecule has 0 saturated carbocycles. The van der Waals surface area contributed by atoms with Gasteiger partial charge in [0.25, 0.3) is 6.08 Å². The van der Waals surface area contributed by atoms with E-state index in [1.807, 2.05) is 61.2 Å². The van der Waals surface area contributed by atoms with Gasteiger partial charge in [0.05, 0.1) is 6.17 Å². The molecule has 0 aromatic heterocycles. The van der Waals surface area contributed by atoms with Crippen molar-refractivity contribution in [1.29, 1.82) is 0 Å². The van der Waals surface area contributed by atoms with Crippen LogP contribution in [0, 0.1) is 5.92 Å². The van der Waals surface area contributed by atoms with Crippen LogP contribution in [0.4, 0.5) is 0 Å². The van der Waals surface area contributed by atoms with Crippen molar-refractivity contribution in [3.63, 3.8) is 0 Å². The third kappa shape index (κ3) is 4.89. The maximum absolute atomic E-state index is 12.3. The molecular weight excluding hydrogens is 306 g/mol. The molecule has 0 spiro atoms. The molecule has 2 N–H and O–H groups in total. The van der Waals surface area contributed by atoms with Crippen LogP contribution >= 0.6 is 0 Å². The maximum atomic E-state index is 12.3. The fourth-order valence-corrected chi connectivity index (χ4v) is 2.77. The van der Waals surface area contributed by atoms with Gasteiger partial charge in [0.1, 0.15) is 6.17 Å². The molecule has 0 radical (unpaired) electrons. The molecule has 3 atom stereocenters. The van der Waals surface area contributed by atoms with Crippen LogP contribution in [0.25, 0.3) is 0 Å². The topological polar surface area (TPSA) is 77.0 Å². The summed E-state index contributed by atoms with van der Waals surface area (Å²) >= 11 is 0. The standard InChI is InChI=1S/C17H25N5O2/c1-13(21(2)3)19-17(20-18-12-23)15-9-16(24)22(11-15)10-14-7-5-4-6-8-14/h4-8,13,15,17,19-20H,9-11H2,1-3H3. The number of amides is 1. The number of carbonyl (C=O) groups excluding carboxylic acids is 2. The number of likely N-dealkylation sites (tertiary alicyclic amines) is 1. The lowest BCUT2D eigenvalue weighted by molar-refractivity contribution is -0.128. The lowest BCUT2D eigenvalue weighted by Gasteiger charge is -2.30. The first-order valence-corrected chi connectivity index (χ1v) is 8.08. The van der Waals surface area contributed by atoms with Gasteiger partial charge >= 0.3 is 0 Å². The van der Waals surface area contributed by atoms with Gasteiger partial charge in [-0.2, -0.15) is 0 Å². The normalized spacial score (nSPS) is 19.9. The Morgan fingerprint density at radius 3 is 2.71 bits per heavy atom. The molecule has 0 aliphatic carbocycles. The van der Waals surface area contributed by atoms with Crippen molar-refractivity contribution in [2.45, 2.75) is 32.2 Å². The highest BCUT2D eigenvalue weighted by atomic mass is 16.2. The Morgan fingerprint density at radius 1 is 1.38 bits per heavy atom. The van der Waals surface area contributed by atoms with E-state index in [2.05, 4.69) is 15.8 Å². The molecule has 3 unspecified atom stereocenters.